The zero-order valence-corrected chi connectivity index (χ0v) is 19.5. The number of sulfonamides is 1. The predicted molar refractivity (Wildman–Crippen MR) is 122 cm³/mol. The summed E-state index contributed by atoms with van der Waals surface area (Å²) in [6.07, 6.45) is 0. The van der Waals surface area contributed by atoms with E-state index in [2.05, 4.69) is 58.3 Å². The highest BCUT2D eigenvalue weighted by molar-refractivity contribution is 9.10. The molecule has 1 fully saturated rings. The Kier molecular flexibility index (Phi) is 5.79. The van der Waals surface area contributed by atoms with Crippen LogP contribution in [-0.4, -0.2) is 43.9 Å². The Balaban J connectivity index is 1.49. The second-order valence-electron chi connectivity index (χ2n) is 7.16. The number of nitrogens with zero attached hydrogens (tertiary/aromatic N) is 3. The second kappa shape index (κ2) is 8.18. The molecule has 0 radical (unpaired) electrons. The van der Waals surface area contributed by atoms with Crippen LogP contribution in [0.3, 0.4) is 0 Å². The number of benzene rings is 2. The van der Waals surface area contributed by atoms with E-state index in [1.807, 2.05) is 6.07 Å². The molecule has 0 bridgehead atoms. The SMILES string of the molecule is Cc1ccc(C)c(-c2csc(N3CCN(S(=O)(=O)c4ccccc4Br)CC3)n2)c1. The number of aromatic nitrogens is 1. The Bertz CT molecular complexity index is 1140. The van der Waals surface area contributed by atoms with Crippen LogP contribution in [0.25, 0.3) is 11.3 Å². The topological polar surface area (TPSA) is 53.5 Å². The smallest absolute Gasteiger partial charge is 0.244 e. The third-order valence-corrected chi connectivity index (χ3v) is 8.94. The summed E-state index contributed by atoms with van der Waals surface area (Å²) in [5.74, 6) is 0. The average molecular weight is 492 g/mol. The molecule has 29 heavy (non-hydrogen) atoms. The summed E-state index contributed by atoms with van der Waals surface area (Å²) in [4.78, 5) is 7.33. The summed E-state index contributed by atoms with van der Waals surface area (Å²) in [7, 11) is -3.50. The van der Waals surface area contributed by atoms with E-state index in [9.17, 15) is 8.42 Å². The lowest BCUT2D eigenvalue weighted by Crippen LogP contribution is -2.48. The first-order valence-electron chi connectivity index (χ1n) is 9.39. The van der Waals surface area contributed by atoms with E-state index in [1.54, 1.807) is 33.8 Å². The van der Waals surface area contributed by atoms with E-state index in [1.165, 1.54) is 11.1 Å². The molecule has 152 valence electrons. The quantitative estimate of drug-likeness (QED) is 0.530. The molecule has 4 rings (SSSR count). The molecular formula is C21H22BrN3O2S2. The molecule has 0 amide bonds. The zero-order valence-electron chi connectivity index (χ0n) is 16.3. The molecule has 2 aromatic carbocycles. The molecule has 0 aliphatic carbocycles. The lowest BCUT2D eigenvalue weighted by atomic mass is 10.0. The minimum Gasteiger partial charge on any atom is -0.345 e. The molecule has 0 spiro atoms. The van der Waals surface area contributed by atoms with Gasteiger partial charge in [0.05, 0.1) is 10.6 Å². The number of hydrogen-bond acceptors (Lipinski definition) is 5. The van der Waals surface area contributed by atoms with Crippen LogP contribution in [0.5, 0.6) is 0 Å². The van der Waals surface area contributed by atoms with Crippen molar-refractivity contribution in [1.82, 2.24) is 9.29 Å². The molecular weight excluding hydrogens is 470 g/mol. The van der Waals surface area contributed by atoms with Gasteiger partial charge in [0.15, 0.2) is 5.13 Å². The van der Waals surface area contributed by atoms with E-state index in [0.717, 1.165) is 16.4 Å². The van der Waals surface area contributed by atoms with Crippen LogP contribution in [-0.2, 0) is 10.0 Å². The van der Waals surface area contributed by atoms with Crippen LogP contribution in [0.4, 0.5) is 5.13 Å². The highest BCUT2D eigenvalue weighted by atomic mass is 79.9. The molecule has 0 atom stereocenters. The molecule has 2 heterocycles. The highest BCUT2D eigenvalue weighted by Gasteiger charge is 2.30. The average Bonchev–Trinajstić information content (AvgIpc) is 3.20. The summed E-state index contributed by atoms with van der Waals surface area (Å²) in [6, 6.07) is 13.4. The third kappa shape index (κ3) is 4.12. The minimum atomic E-state index is -3.50. The van der Waals surface area contributed by atoms with Crippen LogP contribution < -0.4 is 4.90 Å². The number of piperazine rings is 1. The number of rotatable bonds is 4. The Hall–Kier alpha value is -1.74. The van der Waals surface area contributed by atoms with Crippen molar-refractivity contribution in [2.24, 2.45) is 0 Å². The van der Waals surface area contributed by atoms with E-state index >= 15 is 0 Å². The zero-order chi connectivity index (χ0) is 20.6. The van der Waals surface area contributed by atoms with Crippen LogP contribution >= 0.6 is 27.3 Å². The fourth-order valence-electron chi connectivity index (χ4n) is 3.46. The molecule has 0 unspecified atom stereocenters. The van der Waals surface area contributed by atoms with Gasteiger partial charge in [-0.3, -0.25) is 0 Å². The van der Waals surface area contributed by atoms with Crippen molar-refractivity contribution < 1.29 is 8.42 Å². The van der Waals surface area contributed by atoms with Crippen LogP contribution in [0, 0.1) is 13.8 Å². The van der Waals surface area contributed by atoms with Gasteiger partial charge in [-0.2, -0.15) is 4.31 Å². The van der Waals surface area contributed by atoms with E-state index in [4.69, 9.17) is 4.98 Å². The van der Waals surface area contributed by atoms with E-state index in [-0.39, 0.29) is 0 Å². The third-order valence-electron chi connectivity index (χ3n) is 5.12. The summed E-state index contributed by atoms with van der Waals surface area (Å²) in [6.45, 7) is 6.33. The number of hydrogen-bond donors (Lipinski definition) is 0. The van der Waals surface area contributed by atoms with E-state index in [0.29, 0.717) is 35.5 Å². The first-order chi connectivity index (χ1) is 13.9. The molecule has 1 saturated heterocycles. The van der Waals surface area contributed by atoms with E-state index < -0.39 is 10.0 Å². The van der Waals surface area contributed by atoms with Crippen molar-refractivity contribution in [3.63, 3.8) is 0 Å². The van der Waals surface area contributed by atoms with Gasteiger partial charge in [0.25, 0.3) is 0 Å². The Labute approximate surface area is 184 Å². The largest absolute Gasteiger partial charge is 0.345 e. The number of aryl methyl sites for hydroxylation is 2. The molecule has 8 heteroatoms. The molecule has 0 N–H and O–H groups in total. The summed E-state index contributed by atoms with van der Waals surface area (Å²) >= 11 is 4.97. The lowest BCUT2D eigenvalue weighted by molar-refractivity contribution is 0.384. The van der Waals surface area contributed by atoms with Crippen molar-refractivity contribution in [3.8, 4) is 11.3 Å². The monoisotopic (exact) mass is 491 g/mol. The summed E-state index contributed by atoms with van der Waals surface area (Å²) in [5, 5.41) is 3.03. The van der Waals surface area contributed by atoms with Crippen molar-refractivity contribution in [1.29, 1.82) is 0 Å². The first-order valence-corrected chi connectivity index (χ1v) is 12.5. The number of anilines is 1. The van der Waals surface area contributed by atoms with Crippen molar-refractivity contribution in [2.75, 3.05) is 31.1 Å². The maximum Gasteiger partial charge on any atom is 0.244 e. The number of halogens is 1. The highest BCUT2D eigenvalue weighted by Crippen LogP contribution is 2.31. The normalized spacial score (nSPS) is 15.6. The standard InChI is InChI=1S/C21H22BrN3O2S2/c1-15-7-8-16(2)17(13-15)19-14-28-21(23-19)24-9-11-25(12-10-24)29(26,27)20-6-4-3-5-18(20)22/h3-8,13-14H,9-12H2,1-2H3. The van der Waals surface area contributed by atoms with Gasteiger partial charge in [0, 0.05) is 41.6 Å². The molecule has 1 aromatic heterocycles. The van der Waals surface area contributed by atoms with Crippen LogP contribution in [0.2, 0.25) is 0 Å². The molecule has 0 saturated carbocycles. The van der Waals surface area contributed by atoms with Crippen molar-refractivity contribution in [2.45, 2.75) is 18.7 Å². The van der Waals surface area contributed by atoms with Crippen molar-refractivity contribution in [3.05, 3.63) is 63.4 Å². The Morgan fingerprint density at radius 2 is 1.76 bits per heavy atom. The van der Waals surface area contributed by atoms with Gasteiger partial charge >= 0.3 is 0 Å². The molecule has 1 aliphatic heterocycles. The van der Waals surface area contributed by atoms with Gasteiger partial charge in [-0.05, 0) is 53.5 Å². The predicted octanol–water partition coefficient (Wildman–Crippen LogP) is 4.70. The Morgan fingerprint density at radius 3 is 2.48 bits per heavy atom. The van der Waals surface area contributed by atoms with Gasteiger partial charge < -0.3 is 4.90 Å². The maximum atomic E-state index is 13.0. The lowest BCUT2D eigenvalue weighted by Gasteiger charge is -2.34. The fourth-order valence-corrected chi connectivity index (χ4v) is 6.72. The van der Waals surface area contributed by atoms with Gasteiger partial charge in [-0.25, -0.2) is 13.4 Å². The van der Waals surface area contributed by atoms with Gasteiger partial charge in [-0.1, -0.05) is 29.8 Å². The van der Waals surface area contributed by atoms with Crippen LogP contribution in [0.15, 0.2) is 57.2 Å². The van der Waals surface area contributed by atoms with Crippen LogP contribution in [0.1, 0.15) is 11.1 Å². The van der Waals surface area contributed by atoms with Gasteiger partial charge in [-0.15, -0.1) is 11.3 Å². The van der Waals surface area contributed by atoms with Gasteiger partial charge in [0.2, 0.25) is 10.0 Å². The minimum absolute atomic E-state index is 0.319. The maximum absolute atomic E-state index is 13.0. The molecule has 5 nitrogen and oxygen atoms in total. The number of thiazole rings is 1. The molecule has 3 aromatic rings. The fraction of sp³-hybridized carbons (Fsp3) is 0.286. The first kappa shape index (κ1) is 20.5. The molecule has 1 aliphatic rings. The van der Waals surface area contributed by atoms with Gasteiger partial charge in [0.1, 0.15) is 0 Å². The van der Waals surface area contributed by atoms with Crippen molar-refractivity contribution >= 4 is 42.4 Å². The second-order valence-corrected chi connectivity index (χ2v) is 10.8. The summed E-state index contributed by atoms with van der Waals surface area (Å²) < 4.78 is 28.1. The Morgan fingerprint density at radius 1 is 1.03 bits per heavy atom. The summed E-state index contributed by atoms with van der Waals surface area (Å²) in [5.41, 5.74) is 4.56.